The van der Waals surface area contributed by atoms with E-state index in [1.165, 1.54) is 139 Å². The van der Waals surface area contributed by atoms with Crippen molar-refractivity contribution in [1.82, 2.24) is 29.9 Å². The second-order valence-corrected chi connectivity index (χ2v) is 38.7. The van der Waals surface area contributed by atoms with Crippen LogP contribution in [0, 0.1) is 0 Å². The monoisotopic (exact) mass is 1850 g/mol. The van der Waals surface area contributed by atoms with Gasteiger partial charge in [0.05, 0.1) is 39.6 Å². The molecule has 0 N–H and O–H groups in total. The Balaban J connectivity index is 0.000000118. The summed E-state index contributed by atoms with van der Waals surface area (Å²) < 4.78 is 0. The molecule has 6 heteroatoms. The van der Waals surface area contributed by atoms with Crippen LogP contribution in [0.25, 0.3) is 202 Å². The molecule has 0 saturated carbocycles. The van der Waals surface area contributed by atoms with Crippen LogP contribution in [-0.4, -0.2) is 29.9 Å². The van der Waals surface area contributed by atoms with Crippen LogP contribution in [0.1, 0.15) is 72.2 Å². The number of benzene rings is 20. The third-order valence-corrected chi connectivity index (χ3v) is 29.3. The maximum absolute atomic E-state index is 5.11. The van der Waals surface area contributed by atoms with Crippen LogP contribution in [0.2, 0.25) is 0 Å². The van der Waals surface area contributed by atoms with Crippen molar-refractivity contribution in [3.05, 3.63) is 578 Å². The molecule has 26 rings (SSSR count). The van der Waals surface area contributed by atoms with Gasteiger partial charge < -0.3 is 0 Å². The van der Waals surface area contributed by atoms with Crippen LogP contribution in [0.5, 0.6) is 0 Å². The van der Waals surface area contributed by atoms with Crippen molar-refractivity contribution < 1.29 is 0 Å². The third-order valence-electron chi connectivity index (χ3n) is 29.3. The van der Waals surface area contributed by atoms with Gasteiger partial charge in [-0.3, -0.25) is 0 Å². The average Bonchev–Trinajstić information content (AvgIpc) is 1.52. The summed E-state index contributed by atoms with van der Waals surface area (Å²) in [4.78, 5) is 30.3. The molecule has 145 heavy (non-hydrogen) atoms. The fourth-order valence-electron chi connectivity index (χ4n) is 21.8. The number of hydrogen-bond acceptors (Lipinski definition) is 6. The smallest absolute Gasteiger partial charge is 0.160 e. The van der Waals surface area contributed by atoms with Gasteiger partial charge in [-0.2, -0.15) is 0 Å². The largest absolute Gasteiger partial charge is 0.228 e. The minimum atomic E-state index is -0.436. The molecule has 23 aromatic rings. The Labute approximate surface area is 848 Å². The predicted molar refractivity (Wildman–Crippen MR) is 600 cm³/mol. The van der Waals surface area contributed by atoms with Gasteiger partial charge in [0.25, 0.3) is 0 Å². The summed E-state index contributed by atoms with van der Waals surface area (Å²) in [7, 11) is 0. The summed E-state index contributed by atoms with van der Waals surface area (Å²) in [5.41, 5.74) is 47.3. The van der Waals surface area contributed by atoms with Crippen molar-refractivity contribution in [2.24, 2.45) is 0 Å². The van der Waals surface area contributed by atoms with E-state index in [2.05, 4.69) is 489 Å². The number of fused-ring (bicyclic) bond motifs is 9. The van der Waals surface area contributed by atoms with Gasteiger partial charge in [0.1, 0.15) is 0 Å². The molecule has 3 aliphatic carbocycles. The molecule has 686 valence electrons. The number of aromatic nitrogens is 6. The summed E-state index contributed by atoms with van der Waals surface area (Å²) in [6.07, 6.45) is 0. The Morgan fingerprint density at radius 3 is 0.724 bits per heavy atom. The first-order valence-corrected chi connectivity index (χ1v) is 49.8. The van der Waals surface area contributed by atoms with E-state index in [9.17, 15) is 0 Å². The van der Waals surface area contributed by atoms with E-state index < -0.39 is 5.41 Å². The van der Waals surface area contributed by atoms with Crippen LogP contribution in [-0.2, 0) is 16.2 Å². The summed E-state index contributed by atoms with van der Waals surface area (Å²) in [5, 5.41) is 0. The molecule has 0 saturated heterocycles. The van der Waals surface area contributed by atoms with E-state index >= 15 is 0 Å². The first kappa shape index (κ1) is 89.3. The lowest BCUT2D eigenvalue weighted by atomic mass is 9.67. The van der Waals surface area contributed by atoms with Crippen LogP contribution in [0.4, 0.5) is 0 Å². The van der Waals surface area contributed by atoms with Crippen LogP contribution >= 0.6 is 0 Å². The Morgan fingerprint density at radius 1 is 0.131 bits per heavy atom. The highest BCUT2D eigenvalue weighted by Crippen LogP contribution is 2.58. The molecule has 0 atom stereocenters. The van der Waals surface area contributed by atoms with Crippen molar-refractivity contribution in [1.29, 1.82) is 0 Å². The Kier molecular flexibility index (Phi) is 23.6. The number of hydrogen-bond donors (Lipinski definition) is 0. The topological polar surface area (TPSA) is 77.3 Å². The van der Waals surface area contributed by atoms with Crippen LogP contribution in [0.3, 0.4) is 0 Å². The van der Waals surface area contributed by atoms with Gasteiger partial charge in [-0.25, -0.2) is 29.9 Å². The van der Waals surface area contributed by atoms with Crippen molar-refractivity contribution in [3.8, 4) is 202 Å². The summed E-state index contributed by atoms with van der Waals surface area (Å²) in [5.74, 6) is 2.15. The summed E-state index contributed by atoms with van der Waals surface area (Å²) >= 11 is 0. The molecule has 0 aliphatic heterocycles. The van der Waals surface area contributed by atoms with Crippen LogP contribution in [0.15, 0.2) is 534 Å². The Hall–Kier alpha value is -18.4. The van der Waals surface area contributed by atoms with E-state index in [1.54, 1.807) is 0 Å². The van der Waals surface area contributed by atoms with Gasteiger partial charge in [0, 0.05) is 60.9 Å². The molecule has 20 aromatic carbocycles. The molecule has 3 aliphatic rings. The quantitative estimate of drug-likeness (QED) is 0.0904. The zero-order chi connectivity index (χ0) is 97.4. The molecule has 0 radical (unpaired) electrons. The predicted octanol–water partition coefficient (Wildman–Crippen LogP) is 35.4. The minimum Gasteiger partial charge on any atom is -0.228 e. The van der Waals surface area contributed by atoms with Crippen molar-refractivity contribution >= 4 is 0 Å². The zero-order valence-electron chi connectivity index (χ0n) is 81.0. The van der Waals surface area contributed by atoms with Gasteiger partial charge in [0.15, 0.2) is 17.5 Å². The van der Waals surface area contributed by atoms with Gasteiger partial charge in [0.2, 0.25) is 0 Å². The van der Waals surface area contributed by atoms with E-state index in [0.29, 0.717) is 5.82 Å². The number of nitrogens with zero attached hydrogens (tertiary/aromatic N) is 6. The van der Waals surface area contributed by atoms with E-state index in [-0.39, 0.29) is 10.8 Å². The van der Waals surface area contributed by atoms with E-state index in [4.69, 9.17) is 29.9 Å². The molecule has 0 bridgehead atoms. The highest BCUT2D eigenvalue weighted by molar-refractivity contribution is 5.95. The average molecular weight is 1850 g/mol. The maximum atomic E-state index is 5.11. The molecule has 3 aromatic heterocycles. The van der Waals surface area contributed by atoms with Crippen LogP contribution < -0.4 is 0 Å². The normalized spacial score (nSPS) is 12.7. The summed E-state index contributed by atoms with van der Waals surface area (Å²) in [6.45, 7) is 9.31. The van der Waals surface area contributed by atoms with Crippen molar-refractivity contribution in [2.75, 3.05) is 0 Å². The number of rotatable bonds is 17. The van der Waals surface area contributed by atoms with E-state index in [1.807, 2.05) is 72.8 Å². The van der Waals surface area contributed by atoms with Gasteiger partial charge in [-0.05, 0) is 175 Å². The minimum absolute atomic E-state index is 0.0113. The van der Waals surface area contributed by atoms with Crippen molar-refractivity contribution in [3.63, 3.8) is 0 Å². The van der Waals surface area contributed by atoms with Crippen molar-refractivity contribution in [2.45, 2.75) is 43.9 Å². The maximum Gasteiger partial charge on any atom is 0.160 e. The standard InChI is InChI=1S/C53H36N2.2C43H32N2/c1-5-15-37(16-6-1)38-25-29-40(30-26-38)50-36-51(55-52(54-50)42-17-7-2-8-18-42)41-31-27-39(28-32-41)43-33-34-47-46-23-13-14-24-48(46)53(49(47)35-43,44-19-9-3-10-20-44)45-21-11-4-12-22-45;1-43(2)37-18-10-9-16-36(37)41-35(17-11-19-38(41)43)31-22-26-33(27-23-31)40-28-39(44-42(45-40)34-14-7-4-8-15-34)32-24-20-30(21-25-32)29-12-5-3-6-13-29;1-43(2)38-16-10-9-15-36(38)37-27-35(25-26-39(37)43)31-19-23-33(24-20-31)41-28-40(44-42(45-41)34-13-7-4-8-14-34)32-21-17-30(18-22-32)29-11-5-3-6-12-29/h1-36H;2*3-28H,1-2H3. The third kappa shape index (κ3) is 17.2. The summed E-state index contributed by atoms with van der Waals surface area (Å²) in [6, 6.07) is 190. The lowest BCUT2D eigenvalue weighted by molar-refractivity contribution is 0.660. The highest BCUT2D eigenvalue weighted by atomic mass is 14.9. The van der Waals surface area contributed by atoms with Gasteiger partial charge in [-0.15, -0.1) is 0 Å². The fourth-order valence-corrected chi connectivity index (χ4v) is 21.8. The molecule has 6 nitrogen and oxygen atoms in total. The lowest BCUT2D eigenvalue weighted by Gasteiger charge is -2.34. The molecular formula is C139H100N6. The first-order valence-electron chi connectivity index (χ1n) is 49.8. The molecule has 0 unspecified atom stereocenters. The SMILES string of the molecule is CC1(C)c2ccccc2-c2c(-c3ccc(-c4cc(-c5ccc(-c6ccccc6)cc5)nc(-c5ccccc5)n4)cc3)cccc21.CC1(C)c2ccccc2-c2cc(-c3ccc(-c4cc(-c5ccc(-c6ccccc6)cc5)nc(-c5ccccc5)n4)cc3)ccc21.c1ccc(-c2ccc(-c3cc(-c4ccc(-c5ccc6c(c5)C(c5ccccc5)(c5ccccc5)c5ccccc5-6)cc4)nc(-c4ccccc4)n3)cc2)cc1. The molecule has 0 spiro atoms. The lowest BCUT2D eigenvalue weighted by Crippen LogP contribution is -2.28. The molecule has 0 fully saturated rings. The zero-order valence-corrected chi connectivity index (χ0v) is 81.0. The fraction of sp³-hybridized carbons (Fsp3) is 0.0504. The van der Waals surface area contributed by atoms with Gasteiger partial charge >= 0.3 is 0 Å². The molecule has 0 amide bonds. The van der Waals surface area contributed by atoms with E-state index in [0.717, 1.165) is 101 Å². The van der Waals surface area contributed by atoms with Gasteiger partial charge in [-0.1, -0.05) is 531 Å². The first-order chi connectivity index (χ1) is 71.4. The Morgan fingerprint density at radius 2 is 0.359 bits per heavy atom. The highest BCUT2D eigenvalue weighted by Gasteiger charge is 2.46. The molecular weight excluding hydrogens is 1750 g/mol. The Bertz CT molecular complexity index is 8620. The second-order valence-electron chi connectivity index (χ2n) is 38.7. The second kappa shape index (κ2) is 38.3. The molecule has 3 heterocycles.